The van der Waals surface area contributed by atoms with Crippen molar-refractivity contribution in [3.8, 4) is 33.8 Å². The van der Waals surface area contributed by atoms with E-state index in [1.807, 2.05) is 26.0 Å². The number of ether oxygens (including phenoxy) is 3. The number of fused-ring (bicyclic) bond motifs is 1. The van der Waals surface area contributed by atoms with E-state index in [0.717, 1.165) is 51.8 Å². The maximum Gasteiger partial charge on any atom is 0.338 e. The zero-order chi connectivity index (χ0) is 29.1. The monoisotopic (exact) mass is 536 g/mol. The third-order valence-corrected chi connectivity index (χ3v) is 6.83. The van der Waals surface area contributed by atoms with Crippen molar-refractivity contribution in [1.82, 2.24) is 0 Å². The first kappa shape index (κ1) is 28.3. The van der Waals surface area contributed by atoms with Crippen molar-refractivity contribution in [3.63, 3.8) is 0 Å². The fourth-order valence-electron chi connectivity index (χ4n) is 4.73. The molecule has 0 N–H and O–H groups in total. The van der Waals surface area contributed by atoms with Crippen LogP contribution in [0.1, 0.15) is 48.6 Å². The number of aryl methyl sites for hydroxylation is 3. The van der Waals surface area contributed by atoms with Crippen molar-refractivity contribution in [3.05, 3.63) is 108 Å². The minimum Gasteiger partial charge on any atom is -0.454 e. The number of benzene rings is 3. The molecule has 3 aromatic carbocycles. The van der Waals surface area contributed by atoms with E-state index in [0.29, 0.717) is 5.56 Å². The molecule has 0 fully saturated rings. The Bertz CT molecular complexity index is 1580. The molecule has 0 aliphatic heterocycles. The van der Waals surface area contributed by atoms with E-state index in [9.17, 15) is 14.4 Å². The van der Waals surface area contributed by atoms with Gasteiger partial charge in [0.05, 0.1) is 0 Å². The molecule has 40 heavy (non-hydrogen) atoms. The third-order valence-electron chi connectivity index (χ3n) is 6.83. The summed E-state index contributed by atoms with van der Waals surface area (Å²) < 4.78 is 16.5. The predicted octanol–water partition coefficient (Wildman–Crippen LogP) is 7.32. The van der Waals surface area contributed by atoms with E-state index in [4.69, 9.17) is 14.2 Å². The van der Waals surface area contributed by atoms with Gasteiger partial charge in [0, 0.05) is 28.9 Å². The van der Waals surface area contributed by atoms with Crippen molar-refractivity contribution < 1.29 is 28.6 Å². The fourth-order valence-corrected chi connectivity index (χ4v) is 4.73. The van der Waals surface area contributed by atoms with Crippen molar-refractivity contribution in [2.45, 2.75) is 46.6 Å². The number of hydrogen-bond acceptors (Lipinski definition) is 6. The summed E-state index contributed by atoms with van der Waals surface area (Å²) in [6, 6.07) is 15.3. The topological polar surface area (TPSA) is 78.9 Å². The Hall–Kier alpha value is -4.71. The second-order valence-corrected chi connectivity index (χ2v) is 10.1. The van der Waals surface area contributed by atoms with Crippen LogP contribution in [0.5, 0.6) is 11.5 Å². The molecular formula is C34H32O6. The Morgan fingerprint density at radius 2 is 1.48 bits per heavy atom. The Morgan fingerprint density at radius 1 is 0.825 bits per heavy atom. The van der Waals surface area contributed by atoms with Gasteiger partial charge in [-0.15, -0.1) is 0 Å². The van der Waals surface area contributed by atoms with Gasteiger partial charge in [0.15, 0.2) is 0 Å². The molecule has 0 saturated carbocycles. The lowest BCUT2D eigenvalue weighted by molar-refractivity contribution is -0.143. The van der Waals surface area contributed by atoms with Crippen molar-refractivity contribution in [2.24, 2.45) is 0 Å². The van der Waals surface area contributed by atoms with Crippen LogP contribution in [0, 0.1) is 13.8 Å². The highest BCUT2D eigenvalue weighted by Gasteiger charge is 2.26. The SMILES string of the molecule is C=CC(=O)OC1CCc2cc(-c3cc(C)c(-c4ccc(OC(=O)C(=C)C)cc4OC(=O)C(=C)C)cc3C)ccc21. The summed E-state index contributed by atoms with van der Waals surface area (Å²) in [6.07, 6.45) is 2.51. The maximum absolute atomic E-state index is 12.4. The molecule has 0 heterocycles. The zero-order valence-electron chi connectivity index (χ0n) is 23.3. The molecule has 3 aromatic rings. The lowest BCUT2D eigenvalue weighted by Crippen LogP contribution is -2.11. The Labute approximate surface area is 234 Å². The van der Waals surface area contributed by atoms with Crippen molar-refractivity contribution >= 4 is 17.9 Å². The fraction of sp³-hybridized carbons (Fsp3) is 0.206. The molecule has 204 valence electrons. The van der Waals surface area contributed by atoms with Gasteiger partial charge in [-0.1, -0.05) is 50.1 Å². The quantitative estimate of drug-likeness (QED) is 0.171. The van der Waals surface area contributed by atoms with Crippen LogP contribution in [-0.4, -0.2) is 17.9 Å². The second kappa shape index (κ2) is 11.6. The van der Waals surface area contributed by atoms with Gasteiger partial charge in [-0.05, 0) is 91.6 Å². The Morgan fingerprint density at radius 3 is 2.15 bits per heavy atom. The normalized spacial score (nSPS) is 13.7. The lowest BCUT2D eigenvalue weighted by atomic mass is 9.90. The molecule has 1 aliphatic carbocycles. The van der Waals surface area contributed by atoms with Crippen LogP contribution >= 0.6 is 0 Å². The third kappa shape index (κ3) is 5.96. The number of rotatable bonds is 8. The Kier molecular flexibility index (Phi) is 8.19. The van der Waals surface area contributed by atoms with Gasteiger partial charge in [-0.2, -0.15) is 0 Å². The van der Waals surface area contributed by atoms with Gasteiger partial charge >= 0.3 is 17.9 Å². The highest BCUT2D eigenvalue weighted by atomic mass is 16.5. The molecule has 0 radical (unpaired) electrons. The molecule has 1 atom stereocenters. The molecule has 0 bridgehead atoms. The zero-order valence-corrected chi connectivity index (χ0v) is 23.3. The van der Waals surface area contributed by atoms with E-state index in [1.54, 1.807) is 26.0 Å². The van der Waals surface area contributed by atoms with E-state index in [1.165, 1.54) is 12.1 Å². The number of carbonyl (C=O) groups is 3. The second-order valence-electron chi connectivity index (χ2n) is 10.1. The van der Waals surface area contributed by atoms with Gasteiger partial charge in [0.1, 0.15) is 17.6 Å². The maximum atomic E-state index is 12.4. The lowest BCUT2D eigenvalue weighted by Gasteiger charge is -2.17. The van der Waals surface area contributed by atoms with Crippen LogP contribution in [0.2, 0.25) is 0 Å². The largest absolute Gasteiger partial charge is 0.454 e. The van der Waals surface area contributed by atoms with Crippen LogP contribution in [0.4, 0.5) is 0 Å². The molecule has 6 heteroatoms. The molecule has 0 saturated heterocycles. The van der Waals surface area contributed by atoms with Gasteiger partial charge in [-0.3, -0.25) is 0 Å². The average molecular weight is 537 g/mol. The minimum absolute atomic E-state index is 0.238. The van der Waals surface area contributed by atoms with Crippen LogP contribution in [0.25, 0.3) is 22.3 Å². The number of esters is 3. The van der Waals surface area contributed by atoms with Crippen LogP contribution in [0.3, 0.4) is 0 Å². The molecule has 0 amide bonds. The van der Waals surface area contributed by atoms with E-state index in [-0.39, 0.29) is 28.7 Å². The summed E-state index contributed by atoms with van der Waals surface area (Å²) in [5.41, 5.74) is 8.39. The van der Waals surface area contributed by atoms with Crippen molar-refractivity contribution in [2.75, 3.05) is 0 Å². The molecule has 6 nitrogen and oxygen atoms in total. The minimum atomic E-state index is -0.578. The Balaban J connectivity index is 1.71. The number of hydrogen-bond donors (Lipinski definition) is 0. The summed E-state index contributed by atoms with van der Waals surface area (Å²) >= 11 is 0. The van der Waals surface area contributed by atoms with Gasteiger partial charge in [-0.25, -0.2) is 14.4 Å². The summed E-state index contributed by atoms with van der Waals surface area (Å²) in [6.45, 7) is 17.9. The van der Waals surface area contributed by atoms with E-state index >= 15 is 0 Å². The van der Waals surface area contributed by atoms with Crippen molar-refractivity contribution in [1.29, 1.82) is 0 Å². The summed E-state index contributed by atoms with van der Waals surface area (Å²) in [7, 11) is 0. The molecule has 0 aromatic heterocycles. The van der Waals surface area contributed by atoms with Crippen LogP contribution in [-0.2, 0) is 25.5 Å². The molecule has 1 aliphatic rings. The van der Waals surface area contributed by atoms with Gasteiger partial charge in [0.2, 0.25) is 0 Å². The van der Waals surface area contributed by atoms with E-state index < -0.39 is 17.9 Å². The first-order chi connectivity index (χ1) is 19.0. The van der Waals surface area contributed by atoms with Crippen LogP contribution < -0.4 is 9.47 Å². The molecule has 4 rings (SSSR count). The smallest absolute Gasteiger partial charge is 0.338 e. The summed E-state index contributed by atoms with van der Waals surface area (Å²) in [5, 5.41) is 0. The number of carbonyl (C=O) groups excluding carboxylic acids is 3. The first-order valence-electron chi connectivity index (χ1n) is 13.0. The predicted molar refractivity (Wildman–Crippen MR) is 155 cm³/mol. The highest BCUT2D eigenvalue weighted by molar-refractivity contribution is 5.92. The average Bonchev–Trinajstić information content (AvgIpc) is 3.31. The first-order valence-corrected chi connectivity index (χ1v) is 13.0. The van der Waals surface area contributed by atoms with E-state index in [2.05, 4.69) is 37.9 Å². The molecule has 0 spiro atoms. The highest BCUT2D eigenvalue weighted by Crippen LogP contribution is 2.41. The standard InChI is InChI=1S/C34H32O6/c1-8-32(35)39-30-14-10-23-17-24(9-12-26(23)30)28-15-22(7)29(16-21(28)6)27-13-11-25(38-33(36)19(2)3)18-31(27)40-34(37)20(4)5/h8-9,11-13,15-18,30H,1-2,4,10,14H2,3,5-7H3. The van der Waals surface area contributed by atoms with Gasteiger partial charge < -0.3 is 14.2 Å². The van der Waals surface area contributed by atoms with Crippen LogP contribution in [0.15, 0.2) is 85.5 Å². The molecule has 1 unspecified atom stereocenters. The summed E-state index contributed by atoms with van der Waals surface area (Å²) in [4.78, 5) is 36.2. The summed E-state index contributed by atoms with van der Waals surface area (Å²) in [5.74, 6) is -1.07. The van der Waals surface area contributed by atoms with Gasteiger partial charge in [0.25, 0.3) is 0 Å². The molecular weight excluding hydrogens is 504 g/mol.